The first-order chi connectivity index (χ1) is 7.79. The van der Waals surface area contributed by atoms with E-state index in [1.54, 1.807) is 0 Å². The van der Waals surface area contributed by atoms with Gasteiger partial charge in [0, 0.05) is 6.54 Å². The Labute approximate surface area is 99.1 Å². The van der Waals surface area contributed by atoms with Crippen LogP contribution in [0.3, 0.4) is 0 Å². The maximum absolute atomic E-state index is 12.0. The van der Waals surface area contributed by atoms with E-state index in [1.165, 1.54) is 24.7 Å². The molecule has 94 valence electrons. The van der Waals surface area contributed by atoms with E-state index in [0.29, 0.717) is 6.54 Å². The van der Waals surface area contributed by atoms with Gasteiger partial charge in [-0.05, 0) is 20.8 Å². The van der Waals surface area contributed by atoms with Crippen LogP contribution < -0.4 is 16.8 Å². The van der Waals surface area contributed by atoms with Crippen molar-refractivity contribution in [3.8, 4) is 0 Å². The van der Waals surface area contributed by atoms with Gasteiger partial charge in [0.25, 0.3) is 5.91 Å². The van der Waals surface area contributed by atoms with Crippen LogP contribution in [0.4, 0.5) is 5.69 Å². The van der Waals surface area contributed by atoms with Crippen LogP contribution in [0.2, 0.25) is 0 Å². The normalized spacial score (nSPS) is 11.2. The minimum atomic E-state index is -1.13. The Bertz CT molecular complexity index is 450. The number of amides is 2. The lowest BCUT2D eigenvalue weighted by atomic mass is 10.0. The van der Waals surface area contributed by atoms with Crippen LogP contribution in [-0.2, 0) is 11.3 Å². The predicted octanol–water partition coefficient (Wildman–Crippen LogP) is -0.521. The largest absolute Gasteiger partial charge is 0.396 e. The zero-order chi connectivity index (χ0) is 13.2. The summed E-state index contributed by atoms with van der Waals surface area (Å²) in [5.74, 6) is -1.09. The number of hydrogen-bond acceptors (Lipinski definition) is 4. The standard InChI is InChI=1S/C10H17N5O2/c1-4-15-7(6(11)5-13-15)8(16)14-10(2,3)9(12)17/h5H,4,11H2,1-3H3,(H2,12,17)(H,14,16). The third kappa shape index (κ3) is 2.55. The Hall–Kier alpha value is -2.05. The molecule has 1 aromatic rings. The van der Waals surface area contributed by atoms with Crippen LogP contribution in [0, 0.1) is 0 Å². The van der Waals surface area contributed by atoms with Gasteiger partial charge in [0.15, 0.2) is 0 Å². The number of aromatic nitrogens is 2. The van der Waals surface area contributed by atoms with E-state index >= 15 is 0 Å². The lowest BCUT2D eigenvalue weighted by molar-refractivity contribution is -0.122. The summed E-state index contributed by atoms with van der Waals surface area (Å²) in [6, 6.07) is 0. The molecule has 0 saturated carbocycles. The number of primary amides is 1. The highest BCUT2D eigenvalue weighted by molar-refractivity contribution is 6.00. The molecule has 17 heavy (non-hydrogen) atoms. The lowest BCUT2D eigenvalue weighted by Crippen LogP contribution is -2.53. The van der Waals surface area contributed by atoms with Crippen LogP contribution in [0.5, 0.6) is 0 Å². The number of nitrogen functional groups attached to an aromatic ring is 1. The van der Waals surface area contributed by atoms with Crippen molar-refractivity contribution in [2.24, 2.45) is 5.73 Å². The number of nitrogens with one attached hydrogen (secondary N) is 1. The second-order valence-corrected chi connectivity index (χ2v) is 4.21. The topological polar surface area (TPSA) is 116 Å². The Kier molecular flexibility index (Phi) is 3.40. The van der Waals surface area contributed by atoms with Crippen LogP contribution in [0.1, 0.15) is 31.3 Å². The molecule has 0 saturated heterocycles. The number of rotatable bonds is 4. The molecule has 0 spiro atoms. The fourth-order valence-corrected chi connectivity index (χ4v) is 1.29. The molecule has 0 radical (unpaired) electrons. The first-order valence-corrected chi connectivity index (χ1v) is 5.23. The number of nitrogens with two attached hydrogens (primary N) is 2. The van der Waals surface area contributed by atoms with Crippen molar-refractivity contribution in [2.75, 3.05) is 5.73 Å². The molecule has 0 aliphatic rings. The van der Waals surface area contributed by atoms with Gasteiger partial charge >= 0.3 is 0 Å². The summed E-state index contributed by atoms with van der Waals surface area (Å²) in [6.45, 7) is 5.39. The number of hydrogen-bond donors (Lipinski definition) is 3. The SMILES string of the molecule is CCn1ncc(N)c1C(=O)NC(C)(C)C(N)=O. The molecule has 0 unspecified atom stereocenters. The summed E-state index contributed by atoms with van der Waals surface area (Å²) in [6.07, 6.45) is 1.40. The molecular formula is C10H17N5O2. The van der Waals surface area contributed by atoms with Gasteiger partial charge in [0.05, 0.1) is 11.9 Å². The zero-order valence-electron chi connectivity index (χ0n) is 10.2. The van der Waals surface area contributed by atoms with Gasteiger partial charge in [-0.1, -0.05) is 0 Å². The molecule has 7 nitrogen and oxygen atoms in total. The minimum absolute atomic E-state index is 0.238. The molecule has 0 fully saturated rings. The smallest absolute Gasteiger partial charge is 0.272 e. The minimum Gasteiger partial charge on any atom is -0.396 e. The van der Waals surface area contributed by atoms with E-state index in [2.05, 4.69) is 10.4 Å². The van der Waals surface area contributed by atoms with Gasteiger partial charge in [-0.2, -0.15) is 5.10 Å². The van der Waals surface area contributed by atoms with Crippen molar-refractivity contribution in [1.29, 1.82) is 0 Å². The van der Waals surface area contributed by atoms with E-state index in [0.717, 1.165) is 0 Å². The highest BCUT2D eigenvalue weighted by atomic mass is 16.2. The van der Waals surface area contributed by atoms with E-state index in [-0.39, 0.29) is 11.4 Å². The van der Waals surface area contributed by atoms with Gasteiger partial charge < -0.3 is 16.8 Å². The first kappa shape index (κ1) is 13.0. The third-order valence-corrected chi connectivity index (χ3v) is 2.42. The first-order valence-electron chi connectivity index (χ1n) is 5.23. The maximum Gasteiger partial charge on any atom is 0.272 e. The fraction of sp³-hybridized carbons (Fsp3) is 0.500. The van der Waals surface area contributed by atoms with E-state index in [1.807, 2.05) is 6.92 Å². The van der Waals surface area contributed by atoms with Crippen molar-refractivity contribution >= 4 is 17.5 Å². The van der Waals surface area contributed by atoms with E-state index < -0.39 is 17.4 Å². The monoisotopic (exact) mass is 239 g/mol. The molecule has 7 heteroatoms. The summed E-state index contributed by atoms with van der Waals surface area (Å²) in [7, 11) is 0. The van der Waals surface area contributed by atoms with Crippen LogP contribution in [0.25, 0.3) is 0 Å². The van der Waals surface area contributed by atoms with Crippen molar-refractivity contribution in [2.45, 2.75) is 32.9 Å². The Morgan fingerprint density at radius 3 is 2.59 bits per heavy atom. The Morgan fingerprint density at radius 1 is 1.53 bits per heavy atom. The molecule has 1 rings (SSSR count). The van der Waals surface area contributed by atoms with Crippen molar-refractivity contribution in [3.05, 3.63) is 11.9 Å². The molecule has 0 aliphatic heterocycles. The molecule has 2 amide bonds. The molecule has 0 atom stereocenters. The molecule has 5 N–H and O–H groups in total. The molecular weight excluding hydrogens is 222 g/mol. The summed E-state index contributed by atoms with van der Waals surface area (Å²) in [4.78, 5) is 23.1. The third-order valence-electron chi connectivity index (χ3n) is 2.42. The predicted molar refractivity (Wildman–Crippen MR) is 63.1 cm³/mol. The van der Waals surface area contributed by atoms with Crippen LogP contribution >= 0.6 is 0 Å². The van der Waals surface area contributed by atoms with Crippen molar-refractivity contribution in [3.63, 3.8) is 0 Å². The zero-order valence-corrected chi connectivity index (χ0v) is 10.2. The number of aryl methyl sites for hydroxylation is 1. The van der Waals surface area contributed by atoms with Gasteiger partial charge in [-0.15, -0.1) is 0 Å². The van der Waals surface area contributed by atoms with Crippen molar-refractivity contribution < 1.29 is 9.59 Å². The molecule has 1 aromatic heterocycles. The summed E-state index contributed by atoms with van der Waals surface area (Å²) >= 11 is 0. The second-order valence-electron chi connectivity index (χ2n) is 4.21. The summed E-state index contributed by atoms with van der Waals surface area (Å²) in [5.41, 5.74) is 10.2. The van der Waals surface area contributed by atoms with Crippen LogP contribution in [-0.4, -0.2) is 27.1 Å². The number of nitrogens with zero attached hydrogens (tertiary/aromatic N) is 2. The molecule has 1 heterocycles. The maximum atomic E-state index is 12.0. The van der Waals surface area contributed by atoms with E-state index in [4.69, 9.17) is 11.5 Å². The summed E-state index contributed by atoms with van der Waals surface area (Å²) in [5, 5.41) is 6.46. The number of anilines is 1. The van der Waals surface area contributed by atoms with Gasteiger partial charge in [-0.25, -0.2) is 0 Å². The Balaban J connectivity index is 2.98. The highest BCUT2D eigenvalue weighted by Gasteiger charge is 2.29. The van der Waals surface area contributed by atoms with Crippen LogP contribution in [0.15, 0.2) is 6.20 Å². The average molecular weight is 239 g/mol. The second kappa shape index (κ2) is 4.44. The van der Waals surface area contributed by atoms with Gasteiger partial charge in [0.2, 0.25) is 5.91 Å². The van der Waals surface area contributed by atoms with E-state index in [9.17, 15) is 9.59 Å². The average Bonchev–Trinajstić information content (AvgIpc) is 2.58. The lowest BCUT2D eigenvalue weighted by Gasteiger charge is -2.22. The quantitative estimate of drug-likeness (QED) is 0.655. The van der Waals surface area contributed by atoms with Gasteiger partial charge in [0.1, 0.15) is 11.2 Å². The molecule has 0 bridgehead atoms. The number of carbonyl (C=O) groups excluding carboxylic acids is 2. The molecule has 0 aromatic carbocycles. The van der Waals surface area contributed by atoms with Crippen molar-refractivity contribution in [1.82, 2.24) is 15.1 Å². The number of carbonyl (C=O) groups is 2. The molecule has 0 aliphatic carbocycles. The highest BCUT2D eigenvalue weighted by Crippen LogP contribution is 2.12. The summed E-state index contributed by atoms with van der Waals surface area (Å²) < 4.78 is 1.46. The Morgan fingerprint density at radius 2 is 2.12 bits per heavy atom. The van der Waals surface area contributed by atoms with Gasteiger partial charge in [-0.3, -0.25) is 14.3 Å². The fourth-order valence-electron chi connectivity index (χ4n) is 1.29.